The lowest BCUT2D eigenvalue weighted by atomic mass is 10.00. The highest BCUT2D eigenvalue weighted by atomic mass is 16.3. The number of hydrogen-bond acceptors (Lipinski definition) is 3. The first-order chi connectivity index (χ1) is 5.95. The second-order valence-electron chi connectivity index (χ2n) is 3.71. The molecule has 13 heavy (non-hydrogen) atoms. The number of hydrogen-bond donors (Lipinski definition) is 1. The number of aliphatic hydroxyl groups is 1. The maximum absolute atomic E-state index is 11.5. The zero-order valence-corrected chi connectivity index (χ0v) is 8.15. The maximum atomic E-state index is 11.5. The summed E-state index contributed by atoms with van der Waals surface area (Å²) in [6.07, 6.45) is -0.648. The predicted octanol–water partition coefficient (Wildman–Crippen LogP) is 0.00820. The van der Waals surface area contributed by atoms with Crippen LogP contribution in [-0.2, 0) is 9.59 Å². The molecule has 0 aromatic heterocycles. The van der Waals surface area contributed by atoms with Crippen LogP contribution in [0.4, 0.5) is 0 Å². The highest BCUT2D eigenvalue weighted by Gasteiger charge is 2.42. The van der Waals surface area contributed by atoms with Crippen LogP contribution < -0.4 is 0 Å². The monoisotopic (exact) mass is 185 g/mol. The fraction of sp³-hybridized carbons (Fsp3) is 0.778. The van der Waals surface area contributed by atoms with Gasteiger partial charge in [0.25, 0.3) is 0 Å². The molecule has 1 aliphatic rings. The van der Waals surface area contributed by atoms with Crippen molar-refractivity contribution in [3.63, 3.8) is 0 Å². The molecule has 1 heterocycles. The molecule has 0 aromatic rings. The summed E-state index contributed by atoms with van der Waals surface area (Å²) in [7, 11) is 0. The van der Waals surface area contributed by atoms with Crippen LogP contribution in [0.25, 0.3) is 0 Å². The summed E-state index contributed by atoms with van der Waals surface area (Å²) in [6.45, 7) is 5.17. The van der Waals surface area contributed by atoms with E-state index in [-0.39, 0.29) is 30.2 Å². The molecule has 1 N–H and O–H groups in total. The summed E-state index contributed by atoms with van der Waals surface area (Å²) in [5.41, 5.74) is 0. The molecule has 4 heteroatoms. The molecule has 3 atom stereocenters. The third-order valence-electron chi connectivity index (χ3n) is 2.51. The van der Waals surface area contributed by atoms with Gasteiger partial charge in [0.1, 0.15) is 0 Å². The lowest BCUT2D eigenvalue weighted by molar-refractivity contribution is -0.141. The molecule has 0 saturated carbocycles. The van der Waals surface area contributed by atoms with E-state index < -0.39 is 6.10 Å². The largest absolute Gasteiger partial charge is 0.392 e. The quantitative estimate of drug-likeness (QED) is 0.616. The van der Waals surface area contributed by atoms with Crippen molar-refractivity contribution in [1.29, 1.82) is 0 Å². The number of amides is 2. The molecule has 0 bridgehead atoms. The molecule has 1 fully saturated rings. The van der Waals surface area contributed by atoms with Crippen LogP contribution in [0.1, 0.15) is 20.8 Å². The Morgan fingerprint density at radius 2 is 1.69 bits per heavy atom. The molecular formula is C9H15NO3. The number of imide groups is 1. The van der Waals surface area contributed by atoms with Crippen LogP contribution in [0.5, 0.6) is 0 Å². The normalized spacial score (nSPS) is 31.2. The van der Waals surface area contributed by atoms with Gasteiger partial charge in [0.15, 0.2) is 0 Å². The second kappa shape index (κ2) is 3.46. The maximum Gasteiger partial charge on any atom is 0.232 e. The number of nitrogens with zero attached hydrogens (tertiary/aromatic N) is 1. The molecule has 1 rings (SSSR count). The van der Waals surface area contributed by atoms with Crippen molar-refractivity contribution in [2.45, 2.75) is 26.9 Å². The van der Waals surface area contributed by atoms with E-state index in [1.165, 1.54) is 0 Å². The average molecular weight is 185 g/mol. The van der Waals surface area contributed by atoms with Gasteiger partial charge in [-0.3, -0.25) is 14.5 Å². The highest BCUT2D eigenvalue weighted by Crippen LogP contribution is 2.25. The van der Waals surface area contributed by atoms with E-state index in [4.69, 9.17) is 5.11 Å². The van der Waals surface area contributed by atoms with Crippen molar-refractivity contribution in [1.82, 2.24) is 4.90 Å². The molecule has 1 saturated heterocycles. The summed E-state index contributed by atoms with van der Waals surface area (Å²) in [6, 6.07) is 0. The standard InChI is InChI=1S/C9H15NO3/c1-5(11)4-10-8(12)6(2)7(3)9(10)13/h5-7,11H,4H2,1-3H3/t5-,6?,7?/m1/s1. The number of β-amino-alcohol motifs (C(OH)–C–C–N with tert-alkyl or cyclic N) is 1. The van der Waals surface area contributed by atoms with E-state index in [0.717, 1.165) is 4.90 Å². The van der Waals surface area contributed by atoms with Gasteiger partial charge in [-0.05, 0) is 6.92 Å². The third-order valence-corrected chi connectivity index (χ3v) is 2.51. The molecule has 0 aliphatic carbocycles. The van der Waals surface area contributed by atoms with E-state index in [2.05, 4.69) is 0 Å². The van der Waals surface area contributed by atoms with E-state index in [1.54, 1.807) is 20.8 Å². The minimum absolute atomic E-state index is 0.117. The van der Waals surface area contributed by atoms with Gasteiger partial charge < -0.3 is 5.11 Å². The van der Waals surface area contributed by atoms with Gasteiger partial charge in [0.05, 0.1) is 12.6 Å². The number of carbonyl (C=O) groups is 2. The fourth-order valence-corrected chi connectivity index (χ4v) is 1.47. The van der Waals surface area contributed by atoms with E-state index in [0.29, 0.717) is 0 Å². The number of rotatable bonds is 2. The van der Waals surface area contributed by atoms with Crippen molar-refractivity contribution in [2.75, 3.05) is 6.54 Å². The van der Waals surface area contributed by atoms with Crippen LogP contribution in [0.3, 0.4) is 0 Å². The molecule has 74 valence electrons. The van der Waals surface area contributed by atoms with E-state index >= 15 is 0 Å². The molecule has 2 amide bonds. The van der Waals surface area contributed by atoms with Gasteiger partial charge in [-0.15, -0.1) is 0 Å². The van der Waals surface area contributed by atoms with Crippen molar-refractivity contribution in [3.8, 4) is 0 Å². The summed E-state index contributed by atoms with van der Waals surface area (Å²) in [5, 5.41) is 9.07. The molecule has 0 spiro atoms. The lowest BCUT2D eigenvalue weighted by Crippen LogP contribution is -2.36. The Labute approximate surface area is 77.5 Å². The van der Waals surface area contributed by atoms with Crippen LogP contribution >= 0.6 is 0 Å². The van der Waals surface area contributed by atoms with Gasteiger partial charge in [-0.25, -0.2) is 0 Å². The second-order valence-corrected chi connectivity index (χ2v) is 3.71. The van der Waals surface area contributed by atoms with Crippen molar-refractivity contribution >= 4 is 11.8 Å². The Bertz CT molecular complexity index is 217. The van der Waals surface area contributed by atoms with Crippen LogP contribution in [0, 0.1) is 11.8 Å². The van der Waals surface area contributed by atoms with E-state index in [9.17, 15) is 9.59 Å². The van der Waals surface area contributed by atoms with Crippen LogP contribution in [-0.4, -0.2) is 34.5 Å². The molecule has 0 radical (unpaired) electrons. The predicted molar refractivity (Wildman–Crippen MR) is 46.7 cm³/mol. The molecule has 0 aromatic carbocycles. The third kappa shape index (κ3) is 1.72. The lowest BCUT2D eigenvalue weighted by Gasteiger charge is -2.15. The van der Waals surface area contributed by atoms with Crippen molar-refractivity contribution < 1.29 is 14.7 Å². The first-order valence-electron chi connectivity index (χ1n) is 4.48. The first-order valence-corrected chi connectivity index (χ1v) is 4.48. The topological polar surface area (TPSA) is 57.6 Å². The Morgan fingerprint density at radius 3 is 2.00 bits per heavy atom. The fourth-order valence-electron chi connectivity index (χ4n) is 1.47. The van der Waals surface area contributed by atoms with Crippen molar-refractivity contribution in [3.05, 3.63) is 0 Å². The van der Waals surface area contributed by atoms with Crippen LogP contribution in [0.15, 0.2) is 0 Å². The molecule has 4 nitrogen and oxygen atoms in total. The number of likely N-dealkylation sites (tertiary alicyclic amines) is 1. The minimum Gasteiger partial charge on any atom is -0.392 e. The Kier molecular flexibility index (Phi) is 2.71. The minimum atomic E-state index is -0.648. The van der Waals surface area contributed by atoms with Gasteiger partial charge in [-0.1, -0.05) is 13.8 Å². The van der Waals surface area contributed by atoms with Gasteiger partial charge in [0.2, 0.25) is 11.8 Å². The van der Waals surface area contributed by atoms with Gasteiger partial charge >= 0.3 is 0 Å². The average Bonchev–Trinajstić information content (AvgIpc) is 2.22. The Balaban J connectivity index is 2.76. The molecule has 2 unspecified atom stereocenters. The van der Waals surface area contributed by atoms with E-state index in [1.807, 2.05) is 0 Å². The highest BCUT2D eigenvalue weighted by molar-refractivity contribution is 6.04. The summed E-state index contributed by atoms with van der Waals surface area (Å²) >= 11 is 0. The summed E-state index contributed by atoms with van der Waals surface area (Å²) < 4.78 is 0. The number of aliphatic hydroxyl groups excluding tert-OH is 1. The first kappa shape index (κ1) is 10.2. The van der Waals surface area contributed by atoms with Gasteiger partial charge in [-0.2, -0.15) is 0 Å². The smallest absolute Gasteiger partial charge is 0.232 e. The number of carbonyl (C=O) groups excluding carboxylic acids is 2. The summed E-state index contributed by atoms with van der Waals surface area (Å²) in [4.78, 5) is 24.1. The SMILES string of the molecule is CC1C(=O)N(C[C@@H](C)O)C(=O)C1C. The molecule has 1 aliphatic heterocycles. The Hall–Kier alpha value is -0.900. The zero-order chi connectivity index (χ0) is 10.2. The summed E-state index contributed by atoms with van der Waals surface area (Å²) in [5.74, 6) is -0.825. The van der Waals surface area contributed by atoms with Crippen LogP contribution in [0.2, 0.25) is 0 Å². The van der Waals surface area contributed by atoms with Gasteiger partial charge in [0, 0.05) is 11.8 Å². The van der Waals surface area contributed by atoms with Crippen molar-refractivity contribution in [2.24, 2.45) is 11.8 Å². The molecular weight excluding hydrogens is 170 g/mol. The Morgan fingerprint density at radius 1 is 1.31 bits per heavy atom. The zero-order valence-electron chi connectivity index (χ0n) is 8.15.